The second kappa shape index (κ2) is 5.23. The summed E-state index contributed by atoms with van der Waals surface area (Å²) < 4.78 is 28.0. The first-order valence-corrected chi connectivity index (χ1v) is 6.38. The molecule has 0 fully saturated rings. The van der Waals surface area contributed by atoms with Crippen LogP contribution >= 0.6 is 0 Å². The van der Waals surface area contributed by atoms with Crippen molar-refractivity contribution in [3.63, 3.8) is 0 Å². The Hall–Kier alpha value is -2.31. The maximum atomic E-state index is 14.2. The van der Waals surface area contributed by atoms with Crippen LogP contribution in [0.15, 0.2) is 36.7 Å². The average Bonchev–Trinajstić information content (AvgIpc) is 2.91. The van der Waals surface area contributed by atoms with E-state index in [0.29, 0.717) is 11.4 Å². The molecule has 0 saturated heterocycles. The van der Waals surface area contributed by atoms with Crippen LogP contribution in [0.25, 0.3) is 5.69 Å². The third-order valence-corrected chi connectivity index (χ3v) is 3.30. The van der Waals surface area contributed by atoms with Gasteiger partial charge in [0.25, 0.3) is 5.91 Å². The Morgan fingerprint density at radius 1 is 1.19 bits per heavy atom. The average molecular weight is 294 g/mol. The topological polar surface area (TPSA) is 59.8 Å². The van der Waals surface area contributed by atoms with E-state index in [2.05, 4.69) is 15.5 Å². The minimum absolute atomic E-state index is 0.336. The van der Waals surface area contributed by atoms with Crippen molar-refractivity contribution in [1.82, 2.24) is 15.0 Å². The number of benzene rings is 1. The van der Waals surface area contributed by atoms with Crippen LogP contribution in [0, 0.1) is 0 Å². The second-order valence-electron chi connectivity index (χ2n) is 5.30. The molecule has 112 valence electrons. The number of nitrogens with one attached hydrogen (secondary N) is 1. The van der Waals surface area contributed by atoms with Crippen molar-refractivity contribution in [2.75, 3.05) is 5.32 Å². The molecule has 0 spiro atoms. The third kappa shape index (κ3) is 3.07. The normalized spacial score (nSPS) is 14.5. The van der Waals surface area contributed by atoms with E-state index in [1.807, 2.05) is 0 Å². The van der Waals surface area contributed by atoms with Crippen LogP contribution in [0.3, 0.4) is 0 Å². The van der Waals surface area contributed by atoms with Gasteiger partial charge in [0.2, 0.25) is 5.67 Å². The highest BCUT2D eigenvalue weighted by molar-refractivity contribution is 5.98. The van der Waals surface area contributed by atoms with Crippen LogP contribution in [0.4, 0.5) is 14.5 Å². The molecule has 1 atom stereocenters. The van der Waals surface area contributed by atoms with Gasteiger partial charge in [-0.1, -0.05) is 6.07 Å². The molecule has 0 saturated carbocycles. The Morgan fingerprint density at radius 3 is 2.38 bits per heavy atom. The molecular formula is C14H16F2N4O. The van der Waals surface area contributed by atoms with Crippen molar-refractivity contribution in [3.05, 3.63) is 36.7 Å². The predicted molar refractivity (Wildman–Crippen MR) is 74.7 cm³/mol. The van der Waals surface area contributed by atoms with Gasteiger partial charge in [0.05, 0.1) is 18.1 Å². The maximum absolute atomic E-state index is 14.2. The minimum Gasteiger partial charge on any atom is -0.323 e. The SMILES string of the molecule is CC(C)(F)C(C)(F)C(=O)Nc1cccc(-n2nccn2)c1. The fraction of sp³-hybridized carbons (Fsp3) is 0.357. The molecule has 0 bridgehead atoms. The van der Waals surface area contributed by atoms with Crippen LogP contribution in [0.5, 0.6) is 0 Å². The summed E-state index contributed by atoms with van der Waals surface area (Å²) in [7, 11) is 0. The van der Waals surface area contributed by atoms with E-state index < -0.39 is 17.2 Å². The molecule has 1 aromatic carbocycles. The highest BCUT2D eigenvalue weighted by atomic mass is 19.2. The van der Waals surface area contributed by atoms with Gasteiger partial charge in [-0.2, -0.15) is 15.0 Å². The molecule has 7 heteroatoms. The lowest BCUT2D eigenvalue weighted by atomic mass is 9.90. The number of hydrogen-bond donors (Lipinski definition) is 1. The van der Waals surface area contributed by atoms with E-state index in [1.54, 1.807) is 24.3 Å². The highest BCUT2D eigenvalue weighted by Gasteiger charge is 2.48. The number of rotatable bonds is 4. The molecule has 0 radical (unpaired) electrons. The third-order valence-electron chi connectivity index (χ3n) is 3.30. The van der Waals surface area contributed by atoms with Crippen LogP contribution in [-0.4, -0.2) is 32.2 Å². The Labute approximate surface area is 121 Å². The monoisotopic (exact) mass is 294 g/mol. The largest absolute Gasteiger partial charge is 0.323 e. The Bertz CT molecular complexity index is 633. The van der Waals surface area contributed by atoms with Crippen molar-refractivity contribution in [3.8, 4) is 5.69 Å². The zero-order valence-corrected chi connectivity index (χ0v) is 12.0. The van der Waals surface area contributed by atoms with Crippen LogP contribution in [0.1, 0.15) is 20.8 Å². The molecule has 1 unspecified atom stereocenters. The Morgan fingerprint density at radius 2 is 1.81 bits per heavy atom. The summed E-state index contributed by atoms with van der Waals surface area (Å²) in [5.41, 5.74) is -4.01. The lowest BCUT2D eigenvalue weighted by molar-refractivity contribution is -0.135. The number of hydrogen-bond acceptors (Lipinski definition) is 3. The maximum Gasteiger partial charge on any atom is 0.265 e. The zero-order chi connectivity index (χ0) is 15.7. The Balaban J connectivity index is 2.21. The van der Waals surface area contributed by atoms with Crippen LogP contribution in [-0.2, 0) is 4.79 Å². The molecular weight excluding hydrogens is 278 g/mol. The molecule has 0 aliphatic rings. The van der Waals surface area contributed by atoms with E-state index in [1.165, 1.54) is 17.2 Å². The van der Waals surface area contributed by atoms with Gasteiger partial charge in [-0.15, -0.1) is 0 Å². The summed E-state index contributed by atoms with van der Waals surface area (Å²) in [6, 6.07) is 6.53. The fourth-order valence-electron chi connectivity index (χ4n) is 1.58. The smallest absolute Gasteiger partial charge is 0.265 e. The quantitative estimate of drug-likeness (QED) is 0.943. The van der Waals surface area contributed by atoms with Gasteiger partial charge in [-0.3, -0.25) is 4.79 Å². The first-order chi connectivity index (χ1) is 9.72. The van der Waals surface area contributed by atoms with Gasteiger partial charge < -0.3 is 5.32 Å². The van der Waals surface area contributed by atoms with E-state index in [4.69, 9.17) is 0 Å². The summed E-state index contributed by atoms with van der Waals surface area (Å²) >= 11 is 0. The van der Waals surface area contributed by atoms with Gasteiger partial charge in [-0.25, -0.2) is 8.78 Å². The van der Waals surface area contributed by atoms with E-state index in [9.17, 15) is 13.6 Å². The number of carbonyl (C=O) groups is 1. The predicted octanol–water partition coefficient (Wildman–Crippen LogP) is 2.68. The number of amides is 1. The first-order valence-electron chi connectivity index (χ1n) is 6.38. The minimum atomic E-state index is -2.65. The second-order valence-corrected chi connectivity index (χ2v) is 5.30. The molecule has 1 aromatic heterocycles. The number of aromatic nitrogens is 3. The molecule has 1 heterocycles. The molecule has 0 aliphatic heterocycles. The van der Waals surface area contributed by atoms with Crippen molar-refractivity contribution < 1.29 is 13.6 Å². The Kier molecular flexibility index (Phi) is 3.76. The standard InChI is InChI=1S/C14H16F2N4O/c1-13(2,15)14(3,16)12(21)19-10-5-4-6-11(9-10)20-17-7-8-18-20/h4-9H,1-3H3,(H,19,21). The fourth-order valence-corrected chi connectivity index (χ4v) is 1.58. The molecule has 5 nitrogen and oxygen atoms in total. The summed E-state index contributed by atoms with van der Waals surface area (Å²) in [6.45, 7) is 2.97. The molecule has 21 heavy (non-hydrogen) atoms. The van der Waals surface area contributed by atoms with Crippen molar-refractivity contribution in [2.45, 2.75) is 32.1 Å². The number of nitrogens with zero attached hydrogens (tertiary/aromatic N) is 3. The lowest BCUT2D eigenvalue weighted by Crippen LogP contribution is -2.50. The van der Waals surface area contributed by atoms with Crippen molar-refractivity contribution >= 4 is 11.6 Å². The number of alkyl halides is 2. The van der Waals surface area contributed by atoms with Gasteiger partial charge in [-0.05, 0) is 39.0 Å². The number of carbonyl (C=O) groups excluding carboxylic acids is 1. The van der Waals surface area contributed by atoms with E-state index in [0.717, 1.165) is 20.8 Å². The molecule has 2 rings (SSSR count). The van der Waals surface area contributed by atoms with E-state index in [-0.39, 0.29) is 0 Å². The zero-order valence-electron chi connectivity index (χ0n) is 12.0. The summed E-state index contributed by atoms with van der Waals surface area (Å²) in [5, 5.41) is 10.3. The summed E-state index contributed by atoms with van der Waals surface area (Å²) in [6.07, 6.45) is 3.02. The molecule has 0 aliphatic carbocycles. The van der Waals surface area contributed by atoms with Gasteiger partial charge >= 0.3 is 0 Å². The molecule has 2 aromatic rings. The lowest BCUT2D eigenvalue weighted by Gasteiger charge is -2.29. The van der Waals surface area contributed by atoms with Gasteiger partial charge in [0, 0.05) is 5.69 Å². The van der Waals surface area contributed by atoms with Crippen molar-refractivity contribution in [1.29, 1.82) is 0 Å². The summed E-state index contributed by atoms with van der Waals surface area (Å²) in [4.78, 5) is 13.3. The van der Waals surface area contributed by atoms with Gasteiger partial charge in [0.1, 0.15) is 5.67 Å². The molecule has 1 amide bonds. The summed E-state index contributed by atoms with van der Waals surface area (Å²) in [5.74, 6) is -1.04. The van der Waals surface area contributed by atoms with Crippen LogP contribution < -0.4 is 5.32 Å². The van der Waals surface area contributed by atoms with Crippen molar-refractivity contribution in [2.24, 2.45) is 0 Å². The molecule has 1 N–H and O–H groups in total. The first kappa shape index (κ1) is 15.1. The highest BCUT2D eigenvalue weighted by Crippen LogP contribution is 2.31. The number of anilines is 1. The van der Waals surface area contributed by atoms with Crippen LogP contribution in [0.2, 0.25) is 0 Å². The van der Waals surface area contributed by atoms with Gasteiger partial charge in [0.15, 0.2) is 0 Å². The number of halogens is 2. The van der Waals surface area contributed by atoms with E-state index >= 15 is 0 Å².